The zero-order valence-corrected chi connectivity index (χ0v) is 21.5. The van der Waals surface area contributed by atoms with E-state index in [0.29, 0.717) is 29.7 Å². The Morgan fingerprint density at radius 3 is 2.32 bits per heavy atom. The number of carboxylic acids is 1. The molecule has 0 aliphatic carbocycles. The Morgan fingerprint density at radius 1 is 1.03 bits per heavy atom. The van der Waals surface area contributed by atoms with E-state index in [1.165, 1.54) is 24.5 Å². The van der Waals surface area contributed by atoms with E-state index in [1.54, 1.807) is 48.5 Å². The van der Waals surface area contributed by atoms with E-state index in [1.807, 2.05) is 6.92 Å². The summed E-state index contributed by atoms with van der Waals surface area (Å²) < 4.78 is 27.5. The van der Waals surface area contributed by atoms with Crippen molar-refractivity contribution < 1.29 is 27.9 Å². The number of anilines is 1. The van der Waals surface area contributed by atoms with Crippen LogP contribution in [-0.2, 0) is 26.0 Å². The van der Waals surface area contributed by atoms with Gasteiger partial charge in [0.05, 0.1) is 4.90 Å². The number of hydrogen-bond donors (Lipinski definition) is 3. The zero-order chi connectivity index (χ0) is 27.3. The number of benzene rings is 2. The molecule has 10 nitrogen and oxygen atoms in total. The lowest BCUT2D eigenvalue weighted by molar-refractivity contribution is -0.142. The number of rotatable bonds is 9. The van der Waals surface area contributed by atoms with Gasteiger partial charge in [-0.3, -0.25) is 14.6 Å². The number of aromatic nitrogens is 1. The van der Waals surface area contributed by atoms with E-state index in [-0.39, 0.29) is 23.8 Å². The standard InChI is InChI=1S/C27H28N4O6S/c1-18-4-10-22(11-5-18)38(36,37)31-16-2-3-24(31)26(33)30-23(27(34)35)17-19-6-8-21(9-7-19)29-25(32)20-12-14-28-15-13-20/h4-15,23-24H,2-3,16-17H2,1H3,(H,29,32)(H,30,33)(H,34,35)/t23-,24-/m0/s1. The second-order valence-electron chi connectivity index (χ2n) is 9.08. The number of nitrogens with zero attached hydrogens (tertiary/aromatic N) is 2. The van der Waals surface area contributed by atoms with Gasteiger partial charge in [0.25, 0.3) is 5.91 Å². The Balaban J connectivity index is 1.41. The normalized spacial score (nSPS) is 16.5. The van der Waals surface area contributed by atoms with Crippen molar-refractivity contribution in [3.8, 4) is 0 Å². The van der Waals surface area contributed by atoms with Crippen molar-refractivity contribution in [2.75, 3.05) is 11.9 Å². The first kappa shape index (κ1) is 27.0. The lowest BCUT2D eigenvalue weighted by atomic mass is 10.0. The second-order valence-corrected chi connectivity index (χ2v) is 11.0. The summed E-state index contributed by atoms with van der Waals surface area (Å²) in [6, 6.07) is 13.9. The summed E-state index contributed by atoms with van der Waals surface area (Å²) in [5.41, 5.74) is 2.50. The van der Waals surface area contributed by atoms with Crippen molar-refractivity contribution in [3.05, 3.63) is 89.7 Å². The minimum absolute atomic E-state index is 0.0168. The van der Waals surface area contributed by atoms with Crippen LogP contribution in [0.3, 0.4) is 0 Å². The molecule has 0 unspecified atom stereocenters. The Kier molecular flexibility index (Phi) is 8.18. The molecule has 0 radical (unpaired) electrons. The van der Waals surface area contributed by atoms with Gasteiger partial charge in [-0.15, -0.1) is 0 Å². The molecule has 1 aliphatic heterocycles. The fourth-order valence-electron chi connectivity index (χ4n) is 4.27. The van der Waals surface area contributed by atoms with Gasteiger partial charge < -0.3 is 15.7 Å². The Bertz CT molecular complexity index is 1410. The number of carbonyl (C=O) groups is 3. The van der Waals surface area contributed by atoms with E-state index >= 15 is 0 Å². The van der Waals surface area contributed by atoms with Crippen molar-refractivity contribution in [2.45, 2.75) is 43.2 Å². The summed E-state index contributed by atoms with van der Waals surface area (Å²) in [6.45, 7) is 2.03. The summed E-state index contributed by atoms with van der Waals surface area (Å²) in [5, 5.41) is 15.0. The van der Waals surface area contributed by atoms with Crippen molar-refractivity contribution in [3.63, 3.8) is 0 Å². The molecule has 3 N–H and O–H groups in total. The first-order valence-corrected chi connectivity index (χ1v) is 13.5. The molecule has 1 aliphatic rings. The van der Waals surface area contributed by atoms with E-state index in [2.05, 4.69) is 15.6 Å². The van der Waals surface area contributed by atoms with Gasteiger partial charge >= 0.3 is 5.97 Å². The van der Waals surface area contributed by atoms with Crippen LogP contribution in [0.4, 0.5) is 5.69 Å². The van der Waals surface area contributed by atoms with E-state index in [0.717, 1.165) is 9.87 Å². The molecular formula is C27H28N4O6S. The summed E-state index contributed by atoms with van der Waals surface area (Å²) in [4.78, 5) is 41.3. The van der Waals surface area contributed by atoms with Gasteiger partial charge in [-0.25, -0.2) is 13.2 Å². The van der Waals surface area contributed by atoms with Crippen LogP contribution in [-0.4, -0.2) is 59.2 Å². The molecule has 2 atom stereocenters. The molecule has 1 saturated heterocycles. The molecule has 1 aromatic heterocycles. The molecule has 2 heterocycles. The first-order chi connectivity index (χ1) is 18.1. The van der Waals surface area contributed by atoms with Crippen molar-refractivity contribution in [2.24, 2.45) is 0 Å². The second kappa shape index (κ2) is 11.5. The molecule has 2 amide bonds. The van der Waals surface area contributed by atoms with Crippen molar-refractivity contribution in [1.82, 2.24) is 14.6 Å². The molecule has 11 heteroatoms. The number of nitrogens with one attached hydrogen (secondary N) is 2. The Labute approximate surface area is 220 Å². The van der Waals surface area contributed by atoms with Crippen LogP contribution >= 0.6 is 0 Å². The highest BCUT2D eigenvalue weighted by Crippen LogP contribution is 2.26. The summed E-state index contributed by atoms with van der Waals surface area (Å²) in [5.74, 6) is -2.19. The largest absolute Gasteiger partial charge is 0.480 e. The number of aliphatic carboxylic acids is 1. The number of aryl methyl sites for hydroxylation is 1. The minimum atomic E-state index is -3.91. The van der Waals surface area contributed by atoms with Crippen LogP contribution in [0.1, 0.15) is 34.3 Å². The molecule has 1 fully saturated rings. The topological polar surface area (TPSA) is 146 Å². The number of carboxylic acid groups (broad SMARTS) is 1. The van der Waals surface area contributed by atoms with E-state index in [4.69, 9.17) is 0 Å². The van der Waals surface area contributed by atoms with Crippen molar-refractivity contribution >= 4 is 33.5 Å². The van der Waals surface area contributed by atoms with E-state index < -0.39 is 34.0 Å². The third kappa shape index (κ3) is 6.24. The molecule has 0 bridgehead atoms. The monoisotopic (exact) mass is 536 g/mol. The Hall–Kier alpha value is -4.09. The van der Waals surface area contributed by atoms with Crippen LogP contribution in [0.25, 0.3) is 0 Å². The molecule has 198 valence electrons. The quantitative estimate of drug-likeness (QED) is 0.381. The summed E-state index contributed by atoms with van der Waals surface area (Å²) in [7, 11) is -3.91. The maximum absolute atomic E-state index is 13.2. The predicted octanol–water partition coefficient (Wildman–Crippen LogP) is 2.61. The zero-order valence-electron chi connectivity index (χ0n) is 20.7. The molecule has 0 spiro atoms. The van der Waals surface area contributed by atoms with Gasteiger partial charge in [0.2, 0.25) is 15.9 Å². The SMILES string of the molecule is Cc1ccc(S(=O)(=O)N2CCC[C@H]2C(=O)N[C@@H](Cc2ccc(NC(=O)c3ccncc3)cc2)C(=O)O)cc1. The van der Waals surface area contributed by atoms with E-state index in [9.17, 15) is 27.9 Å². The number of hydrogen-bond acceptors (Lipinski definition) is 6. The highest BCUT2D eigenvalue weighted by Gasteiger charge is 2.40. The average molecular weight is 537 g/mol. The first-order valence-electron chi connectivity index (χ1n) is 12.1. The van der Waals surface area contributed by atoms with Crippen LogP contribution in [0.15, 0.2) is 78.0 Å². The predicted molar refractivity (Wildman–Crippen MR) is 140 cm³/mol. The maximum atomic E-state index is 13.2. The lowest BCUT2D eigenvalue weighted by Crippen LogP contribution is -2.51. The molecule has 3 aromatic rings. The van der Waals surface area contributed by atoms with Crippen LogP contribution in [0.5, 0.6) is 0 Å². The van der Waals surface area contributed by atoms with Gasteiger partial charge in [-0.2, -0.15) is 4.31 Å². The number of amides is 2. The van der Waals surface area contributed by atoms with Gasteiger partial charge in [0, 0.05) is 36.6 Å². The van der Waals surface area contributed by atoms with Gasteiger partial charge in [0.1, 0.15) is 12.1 Å². The molecule has 0 saturated carbocycles. The highest BCUT2D eigenvalue weighted by molar-refractivity contribution is 7.89. The molecular weight excluding hydrogens is 508 g/mol. The van der Waals surface area contributed by atoms with Crippen LogP contribution in [0, 0.1) is 6.92 Å². The van der Waals surface area contributed by atoms with Crippen LogP contribution in [0.2, 0.25) is 0 Å². The maximum Gasteiger partial charge on any atom is 0.326 e. The third-order valence-electron chi connectivity index (χ3n) is 6.34. The minimum Gasteiger partial charge on any atom is -0.480 e. The fourth-order valence-corrected chi connectivity index (χ4v) is 5.93. The van der Waals surface area contributed by atoms with Gasteiger partial charge in [-0.05, 0) is 61.7 Å². The molecule has 2 aromatic carbocycles. The fraction of sp³-hybridized carbons (Fsp3) is 0.259. The summed E-state index contributed by atoms with van der Waals surface area (Å²) in [6.07, 6.45) is 3.81. The smallest absolute Gasteiger partial charge is 0.326 e. The van der Waals surface area contributed by atoms with Crippen molar-refractivity contribution in [1.29, 1.82) is 0 Å². The van der Waals surface area contributed by atoms with Gasteiger partial charge in [-0.1, -0.05) is 29.8 Å². The molecule has 38 heavy (non-hydrogen) atoms. The lowest BCUT2D eigenvalue weighted by Gasteiger charge is -2.25. The third-order valence-corrected chi connectivity index (χ3v) is 8.27. The number of carbonyl (C=O) groups excluding carboxylic acids is 2. The number of pyridine rings is 1. The van der Waals surface area contributed by atoms with Crippen LogP contribution < -0.4 is 10.6 Å². The van der Waals surface area contributed by atoms with Gasteiger partial charge in [0.15, 0.2) is 0 Å². The Morgan fingerprint density at radius 2 is 1.68 bits per heavy atom. The number of sulfonamides is 1. The highest BCUT2D eigenvalue weighted by atomic mass is 32.2. The molecule has 4 rings (SSSR count). The average Bonchev–Trinajstić information content (AvgIpc) is 3.41. The summed E-state index contributed by atoms with van der Waals surface area (Å²) >= 11 is 0.